The zero-order valence-electron chi connectivity index (χ0n) is 13.2. The Hall–Kier alpha value is -1.99. The van der Waals surface area contributed by atoms with Crippen molar-refractivity contribution in [1.29, 1.82) is 0 Å². The highest BCUT2D eigenvalue weighted by Crippen LogP contribution is 2.43. The van der Waals surface area contributed by atoms with Gasteiger partial charge in [0.25, 0.3) is 5.91 Å². The molecule has 0 unspecified atom stereocenters. The number of halogens is 2. The van der Waals surface area contributed by atoms with Crippen molar-refractivity contribution in [3.63, 3.8) is 0 Å². The van der Waals surface area contributed by atoms with Crippen molar-refractivity contribution in [3.05, 3.63) is 47.0 Å². The Kier molecular flexibility index (Phi) is 4.56. The first-order chi connectivity index (χ1) is 11.1. The van der Waals surface area contributed by atoms with Gasteiger partial charge in [0, 0.05) is 25.6 Å². The van der Waals surface area contributed by atoms with Crippen molar-refractivity contribution in [2.24, 2.45) is 11.8 Å². The highest BCUT2D eigenvalue weighted by molar-refractivity contribution is 5.93. The van der Waals surface area contributed by atoms with E-state index in [4.69, 9.17) is 0 Å². The fraction of sp³-hybridized carbons (Fsp3) is 0.438. The molecule has 2 N–H and O–H groups in total. The van der Waals surface area contributed by atoms with Gasteiger partial charge in [-0.3, -0.25) is 4.79 Å². The van der Waals surface area contributed by atoms with Crippen molar-refractivity contribution >= 4 is 18.3 Å². The lowest BCUT2D eigenvalue weighted by atomic mass is 9.89. The number of fused-ring (bicyclic) bond motifs is 1. The van der Waals surface area contributed by atoms with Gasteiger partial charge in [-0.05, 0) is 30.5 Å². The Morgan fingerprint density at radius 3 is 2.88 bits per heavy atom. The normalized spacial score (nSPS) is 25.4. The predicted octanol–water partition coefficient (Wildman–Crippen LogP) is 1.71. The van der Waals surface area contributed by atoms with Crippen LogP contribution in [0.3, 0.4) is 0 Å². The van der Waals surface area contributed by atoms with Gasteiger partial charge < -0.3 is 10.2 Å². The van der Waals surface area contributed by atoms with Gasteiger partial charge in [0.2, 0.25) is 0 Å². The molecule has 2 aromatic rings. The number of nitrogens with one attached hydrogen (secondary N) is 2. The number of benzene rings is 1. The summed E-state index contributed by atoms with van der Waals surface area (Å²) in [5.74, 6) is 0.272. The Balaban J connectivity index is 0.00000169. The van der Waals surface area contributed by atoms with Crippen LogP contribution in [0.1, 0.15) is 27.8 Å². The Morgan fingerprint density at radius 1 is 1.33 bits per heavy atom. The highest BCUT2D eigenvalue weighted by Gasteiger charge is 2.47. The lowest BCUT2D eigenvalue weighted by Gasteiger charge is -2.28. The summed E-state index contributed by atoms with van der Waals surface area (Å²) in [4.78, 5) is 14.7. The summed E-state index contributed by atoms with van der Waals surface area (Å²) in [7, 11) is 0. The molecule has 8 heteroatoms. The molecule has 0 saturated carbocycles. The fourth-order valence-corrected chi connectivity index (χ4v) is 3.87. The summed E-state index contributed by atoms with van der Waals surface area (Å²) in [5.41, 5.74) is 1.78. The number of aryl methyl sites for hydroxylation is 1. The highest BCUT2D eigenvalue weighted by atomic mass is 35.5. The first kappa shape index (κ1) is 16.9. The monoisotopic (exact) mass is 351 g/mol. The zero-order chi connectivity index (χ0) is 16.0. The maximum Gasteiger partial charge on any atom is 0.276 e. The summed E-state index contributed by atoms with van der Waals surface area (Å²) in [6.07, 6.45) is 0. The minimum absolute atomic E-state index is 0. The van der Waals surface area contributed by atoms with Crippen LogP contribution in [0.5, 0.6) is 0 Å². The van der Waals surface area contributed by atoms with Gasteiger partial charge in [-0.2, -0.15) is 15.4 Å². The van der Waals surface area contributed by atoms with Gasteiger partial charge in [-0.15, -0.1) is 12.4 Å². The van der Waals surface area contributed by atoms with Gasteiger partial charge in [-0.1, -0.05) is 12.1 Å². The maximum atomic E-state index is 13.7. The van der Waals surface area contributed by atoms with Crippen LogP contribution in [0.2, 0.25) is 0 Å². The molecule has 0 radical (unpaired) electrons. The summed E-state index contributed by atoms with van der Waals surface area (Å²) in [6.45, 7) is 4.14. The van der Waals surface area contributed by atoms with E-state index in [9.17, 15) is 9.18 Å². The van der Waals surface area contributed by atoms with Crippen LogP contribution in [-0.4, -0.2) is 45.9 Å². The minimum atomic E-state index is -0.276. The second-order valence-electron chi connectivity index (χ2n) is 6.30. The molecule has 2 saturated heterocycles. The van der Waals surface area contributed by atoms with E-state index in [0.717, 1.165) is 18.7 Å². The quantitative estimate of drug-likeness (QED) is 0.863. The molecule has 2 aliphatic rings. The topological polar surface area (TPSA) is 73.9 Å². The third-order valence-electron chi connectivity index (χ3n) is 4.94. The Morgan fingerprint density at radius 2 is 2.17 bits per heavy atom. The molecule has 3 heterocycles. The molecule has 1 aromatic heterocycles. The number of H-pyrrole nitrogens is 1. The molecular weight excluding hydrogens is 333 g/mol. The van der Waals surface area contributed by atoms with Crippen LogP contribution in [-0.2, 0) is 0 Å². The molecular formula is C16H19ClFN5O. The fourth-order valence-electron chi connectivity index (χ4n) is 3.87. The number of likely N-dealkylation sites (tertiary alicyclic amines) is 1. The summed E-state index contributed by atoms with van der Waals surface area (Å²) in [5, 5.41) is 13.8. The second-order valence-corrected chi connectivity index (χ2v) is 6.30. The molecule has 3 atom stereocenters. The van der Waals surface area contributed by atoms with E-state index in [2.05, 4.69) is 20.7 Å². The molecule has 1 aromatic carbocycles. The number of carbonyl (C=O) groups is 1. The van der Waals surface area contributed by atoms with Gasteiger partial charge in [-0.25, -0.2) is 4.39 Å². The standard InChI is InChI=1S/C16H18FN5O.ClH/c1-9-14(20-21-19-9)16(23)22-8-11-6-18-7-13(11)15(22)10-3-2-4-12(17)5-10;/h2-5,11,13,15,18H,6-8H2,1H3,(H,19,20,21);1H/t11-,13-,15-;/m0./s1. The smallest absolute Gasteiger partial charge is 0.276 e. The first-order valence-electron chi connectivity index (χ1n) is 7.79. The van der Waals surface area contributed by atoms with Gasteiger partial charge in [0.15, 0.2) is 5.69 Å². The molecule has 0 bridgehead atoms. The molecule has 1 amide bonds. The van der Waals surface area contributed by atoms with Crippen molar-refractivity contribution < 1.29 is 9.18 Å². The minimum Gasteiger partial charge on any atom is -0.329 e. The average Bonchev–Trinajstić information content (AvgIpc) is 3.21. The third kappa shape index (κ3) is 2.67. The number of aromatic nitrogens is 3. The van der Waals surface area contributed by atoms with Crippen molar-refractivity contribution in [1.82, 2.24) is 25.6 Å². The number of carbonyl (C=O) groups excluding carboxylic acids is 1. The molecule has 4 rings (SSSR count). The van der Waals surface area contributed by atoms with Crippen LogP contribution in [0, 0.1) is 24.6 Å². The number of rotatable bonds is 2. The predicted molar refractivity (Wildman–Crippen MR) is 88.4 cm³/mol. The second kappa shape index (κ2) is 6.49. The molecule has 0 aliphatic carbocycles. The molecule has 0 spiro atoms. The van der Waals surface area contributed by atoms with Gasteiger partial charge >= 0.3 is 0 Å². The van der Waals surface area contributed by atoms with Gasteiger partial charge in [0.1, 0.15) is 5.82 Å². The maximum absolute atomic E-state index is 13.7. The molecule has 2 aliphatic heterocycles. The summed E-state index contributed by atoms with van der Waals surface area (Å²) < 4.78 is 13.7. The number of amides is 1. The lowest BCUT2D eigenvalue weighted by molar-refractivity contribution is 0.0707. The zero-order valence-corrected chi connectivity index (χ0v) is 14.0. The number of hydrogen-bond donors (Lipinski definition) is 2. The van der Waals surface area contributed by atoms with E-state index in [1.165, 1.54) is 12.1 Å². The van der Waals surface area contributed by atoms with E-state index in [1.54, 1.807) is 13.0 Å². The average molecular weight is 352 g/mol. The molecule has 24 heavy (non-hydrogen) atoms. The van der Waals surface area contributed by atoms with Crippen molar-refractivity contribution in [2.75, 3.05) is 19.6 Å². The SMILES string of the molecule is Cc1n[nH]nc1C(=O)N1C[C@@H]2CNC[C@@H]2[C@@H]1c1cccc(F)c1.Cl. The van der Waals surface area contributed by atoms with E-state index in [1.807, 2.05) is 11.0 Å². The van der Waals surface area contributed by atoms with E-state index in [0.29, 0.717) is 29.8 Å². The van der Waals surface area contributed by atoms with E-state index >= 15 is 0 Å². The Labute approximate surface area is 145 Å². The molecule has 128 valence electrons. The van der Waals surface area contributed by atoms with Crippen LogP contribution in [0.15, 0.2) is 24.3 Å². The van der Waals surface area contributed by atoms with Crippen LogP contribution in [0.25, 0.3) is 0 Å². The number of nitrogens with zero attached hydrogens (tertiary/aromatic N) is 3. The lowest BCUT2D eigenvalue weighted by Crippen LogP contribution is -2.35. The van der Waals surface area contributed by atoms with Crippen molar-refractivity contribution in [3.8, 4) is 0 Å². The van der Waals surface area contributed by atoms with Crippen molar-refractivity contribution in [2.45, 2.75) is 13.0 Å². The first-order valence-corrected chi connectivity index (χ1v) is 7.79. The molecule has 6 nitrogen and oxygen atoms in total. The van der Waals surface area contributed by atoms with Crippen LogP contribution < -0.4 is 5.32 Å². The van der Waals surface area contributed by atoms with Crippen LogP contribution >= 0.6 is 12.4 Å². The molecule has 2 fully saturated rings. The summed E-state index contributed by atoms with van der Waals surface area (Å²) in [6, 6.07) is 6.42. The summed E-state index contributed by atoms with van der Waals surface area (Å²) >= 11 is 0. The Bertz CT molecular complexity index is 752. The third-order valence-corrected chi connectivity index (χ3v) is 4.94. The van der Waals surface area contributed by atoms with Crippen LogP contribution in [0.4, 0.5) is 4.39 Å². The van der Waals surface area contributed by atoms with Gasteiger partial charge in [0.05, 0.1) is 11.7 Å². The largest absolute Gasteiger partial charge is 0.329 e. The van der Waals surface area contributed by atoms with E-state index in [-0.39, 0.29) is 30.2 Å². The van der Waals surface area contributed by atoms with E-state index < -0.39 is 0 Å². The number of hydrogen-bond acceptors (Lipinski definition) is 4. The number of aromatic amines is 1.